The molecule has 1 atom stereocenters. The third kappa shape index (κ3) is 6.56. The normalized spacial score (nSPS) is 12.8. The van der Waals surface area contributed by atoms with Crippen LogP contribution in [0.2, 0.25) is 0 Å². The summed E-state index contributed by atoms with van der Waals surface area (Å²) in [6, 6.07) is 10.5. The molecule has 1 aromatic carbocycles. The average Bonchev–Trinajstić information content (AvgIpc) is 2.33. The van der Waals surface area contributed by atoms with Crippen molar-refractivity contribution in [2.24, 2.45) is 5.92 Å². The minimum absolute atomic E-state index is 0.633. The summed E-state index contributed by atoms with van der Waals surface area (Å²) in [5.74, 6) is -0.226. The molecule has 0 aliphatic heterocycles. The highest BCUT2D eigenvalue weighted by Crippen LogP contribution is 2.14. The zero-order valence-electron chi connectivity index (χ0n) is 10.3. The molecule has 0 saturated carbocycles. The van der Waals surface area contributed by atoms with Gasteiger partial charge in [-0.25, -0.2) is 4.79 Å². The summed E-state index contributed by atoms with van der Waals surface area (Å²) >= 11 is 0. The summed E-state index contributed by atoms with van der Waals surface area (Å²) in [6.07, 6.45) is 7.12. The lowest BCUT2D eigenvalue weighted by atomic mass is 9.97. The quantitative estimate of drug-likeness (QED) is 0.728. The molecule has 1 rings (SSSR count). The number of hydrogen-bond donors (Lipinski definition) is 1. The van der Waals surface area contributed by atoms with Gasteiger partial charge in [0.2, 0.25) is 0 Å². The maximum absolute atomic E-state index is 10.3. The molecular weight excluding hydrogens is 212 g/mol. The Labute approximate surface area is 103 Å². The van der Waals surface area contributed by atoms with Gasteiger partial charge in [-0.3, -0.25) is 0 Å². The zero-order valence-corrected chi connectivity index (χ0v) is 10.3. The predicted molar refractivity (Wildman–Crippen MR) is 69.9 cm³/mol. The Bertz CT molecular complexity index is 354. The van der Waals surface area contributed by atoms with Crippen molar-refractivity contribution < 1.29 is 9.90 Å². The number of carboxylic acids is 1. The Morgan fingerprint density at radius 3 is 2.65 bits per heavy atom. The third-order valence-corrected chi connectivity index (χ3v) is 2.86. The van der Waals surface area contributed by atoms with E-state index in [9.17, 15) is 4.79 Å². The van der Waals surface area contributed by atoms with Crippen molar-refractivity contribution in [3.63, 3.8) is 0 Å². The number of hydrogen-bond acceptors (Lipinski definition) is 1. The highest BCUT2D eigenvalue weighted by atomic mass is 16.4. The van der Waals surface area contributed by atoms with Crippen molar-refractivity contribution >= 4 is 5.97 Å². The van der Waals surface area contributed by atoms with Crippen LogP contribution < -0.4 is 0 Å². The van der Waals surface area contributed by atoms with E-state index < -0.39 is 5.97 Å². The molecule has 0 heterocycles. The first-order valence-corrected chi connectivity index (χ1v) is 6.12. The number of rotatable bonds is 7. The van der Waals surface area contributed by atoms with Gasteiger partial charge in [-0.2, -0.15) is 0 Å². The van der Waals surface area contributed by atoms with E-state index in [1.807, 2.05) is 6.07 Å². The maximum atomic E-state index is 10.3. The molecule has 0 fully saturated rings. The minimum Gasteiger partial charge on any atom is -0.478 e. The molecule has 0 saturated heterocycles. The fourth-order valence-corrected chi connectivity index (χ4v) is 1.77. The Balaban J connectivity index is 2.17. The highest BCUT2D eigenvalue weighted by Gasteiger charge is 2.01. The second-order valence-corrected chi connectivity index (χ2v) is 4.45. The summed E-state index contributed by atoms with van der Waals surface area (Å²) < 4.78 is 0. The van der Waals surface area contributed by atoms with Crippen molar-refractivity contribution in [3.8, 4) is 0 Å². The van der Waals surface area contributed by atoms with Crippen LogP contribution >= 0.6 is 0 Å². The van der Waals surface area contributed by atoms with Crippen LogP contribution in [-0.4, -0.2) is 11.1 Å². The van der Waals surface area contributed by atoms with Crippen LogP contribution in [0.5, 0.6) is 0 Å². The van der Waals surface area contributed by atoms with E-state index in [-0.39, 0.29) is 0 Å². The van der Waals surface area contributed by atoms with Crippen molar-refractivity contribution in [2.75, 3.05) is 0 Å². The van der Waals surface area contributed by atoms with Gasteiger partial charge in [0.25, 0.3) is 0 Å². The second kappa shape index (κ2) is 7.66. The summed E-state index contributed by atoms with van der Waals surface area (Å²) in [5.41, 5.74) is 1.38. The van der Waals surface area contributed by atoms with Gasteiger partial charge in [0.1, 0.15) is 0 Å². The first-order chi connectivity index (χ1) is 8.18. The molecular formula is C15H20O2. The van der Waals surface area contributed by atoms with Crippen LogP contribution in [0.25, 0.3) is 0 Å². The monoisotopic (exact) mass is 232 g/mol. The number of carbonyl (C=O) groups is 1. The van der Waals surface area contributed by atoms with E-state index in [1.54, 1.807) is 6.08 Å². The summed E-state index contributed by atoms with van der Waals surface area (Å²) in [6.45, 7) is 2.22. The molecule has 1 aromatic rings. The fourth-order valence-electron chi connectivity index (χ4n) is 1.77. The van der Waals surface area contributed by atoms with Gasteiger partial charge in [-0.1, -0.05) is 43.3 Å². The Morgan fingerprint density at radius 1 is 1.29 bits per heavy atom. The van der Waals surface area contributed by atoms with Gasteiger partial charge in [-0.15, -0.1) is 0 Å². The number of benzene rings is 1. The zero-order chi connectivity index (χ0) is 12.5. The molecule has 2 heteroatoms. The fraction of sp³-hybridized carbons (Fsp3) is 0.400. The summed E-state index contributed by atoms with van der Waals surface area (Å²) in [5, 5.41) is 8.44. The Kier molecular flexibility index (Phi) is 6.08. The SMILES string of the molecule is CC(CC/C=C/C(=O)O)CCc1ccccc1. The van der Waals surface area contributed by atoms with Gasteiger partial charge in [0.05, 0.1) is 0 Å². The maximum Gasteiger partial charge on any atom is 0.327 e. The standard InChI is InChI=1S/C15H20O2/c1-13(7-5-6-10-15(16)17)11-12-14-8-3-2-4-9-14/h2-4,6,8-10,13H,5,7,11-12H2,1H3,(H,16,17)/b10-6+. The molecule has 0 bridgehead atoms. The summed E-state index contributed by atoms with van der Waals surface area (Å²) in [4.78, 5) is 10.3. The van der Waals surface area contributed by atoms with Crippen LogP contribution in [0.3, 0.4) is 0 Å². The Morgan fingerprint density at radius 2 is 2.00 bits per heavy atom. The topological polar surface area (TPSA) is 37.3 Å². The molecule has 0 radical (unpaired) electrons. The Hall–Kier alpha value is -1.57. The molecule has 92 valence electrons. The van der Waals surface area contributed by atoms with E-state index in [0.717, 1.165) is 25.7 Å². The first-order valence-electron chi connectivity index (χ1n) is 6.12. The van der Waals surface area contributed by atoms with E-state index in [0.29, 0.717) is 5.92 Å². The van der Waals surface area contributed by atoms with Gasteiger partial charge < -0.3 is 5.11 Å². The smallest absolute Gasteiger partial charge is 0.327 e. The molecule has 2 nitrogen and oxygen atoms in total. The van der Waals surface area contributed by atoms with Gasteiger partial charge >= 0.3 is 5.97 Å². The number of allylic oxidation sites excluding steroid dienone is 1. The van der Waals surface area contributed by atoms with Crippen LogP contribution in [-0.2, 0) is 11.2 Å². The van der Waals surface area contributed by atoms with Crippen LogP contribution in [0.1, 0.15) is 31.7 Å². The molecule has 17 heavy (non-hydrogen) atoms. The molecule has 0 amide bonds. The lowest BCUT2D eigenvalue weighted by molar-refractivity contribution is -0.131. The largest absolute Gasteiger partial charge is 0.478 e. The predicted octanol–water partition coefficient (Wildman–Crippen LogP) is 3.68. The van der Waals surface area contributed by atoms with Crippen molar-refractivity contribution in [3.05, 3.63) is 48.0 Å². The molecule has 1 N–H and O–H groups in total. The van der Waals surface area contributed by atoms with Crippen molar-refractivity contribution in [1.29, 1.82) is 0 Å². The van der Waals surface area contributed by atoms with Crippen LogP contribution in [0, 0.1) is 5.92 Å². The van der Waals surface area contributed by atoms with Crippen molar-refractivity contribution in [2.45, 2.75) is 32.6 Å². The van der Waals surface area contributed by atoms with E-state index in [2.05, 4.69) is 31.2 Å². The molecule has 0 aromatic heterocycles. The summed E-state index contributed by atoms with van der Waals surface area (Å²) in [7, 11) is 0. The molecule has 0 aliphatic rings. The van der Waals surface area contributed by atoms with Gasteiger partial charge in [0, 0.05) is 6.08 Å². The molecule has 0 spiro atoms. The lowest BCUT2D eigenvalue weighted by Crippen LogP contribution is -1.97. The van der Waals surface area contributed by atoms with Gasteiger partial charge in [0.15, 0.2) is 0 Å². The van der Waals surface area contributed by atoms with E-state index >= 15 is 0 Å². The minimum atomic E-state index is -0.859. The molecule has 1 unspecified atom stereocenters. The van der Waals surface area contributed by atoms with Gasteiger partial charge in [-0.05, 0) is 37.2 Å². The highest BCUT2D eigenvalue weighted by molar-refractivity contribution is 5.79. The first kappa shape index (κ1) is 13.5. The van der Waals surface area contributed by atoms with Crippen LogP contribution in [0.4, 0.5) is 0 Å². The molecule has 0 aliphatic carbocycles. The van der Waals surface area contributed by atoms with Crippen LogP contribution in [0.15, 0.2) is 42.5 Å². The number of aliphatic carboxylic acids is 1. The third-order valence-electron chi connectivity index (χ3n) is 2.86. The number of aryl methyl sites for hydroxylation is 1. The van der Waals surface area contributed by atoms with Crippen molar-refractivity contribution in [1.82, 2.24) is 0 Å². The average molecular weight is 232 g/mol. The second-order valence-electron chi connectivity index (χ2n) is 4.45. The van der Waals surface area contributed by atoms with E-state index in [1.165, 1.54) is 11.6 Å². The lowest BCUT2D eigenvalue weighted by Gasteiger charge is -2.09. The van der Waals surface area contributed by atoms with E-state index in [4.69, 9.17) is 5.11 Å². The number of carboxylic acid groups (broad SMARTS) is 1.